The number of aromatic nitrogens is 1. The van der Waals surface area contributed by atoms with Gasteiger partial charge in [-0.3, -0.25) is 0 Å². The minimum absolute atomic E-state index is 0.0133. The van der Waals surface area contributed by atoms with Crippen LogP contribution >= 0.6 is 0 Å². The molecular weight excluding hydrogens is 406 g/mol. The lowest BCUT2D eigenvalue weighted by molar-refractivity contribution is -0.117. The summed E-state index contributed by atoms with van der Waals surface area (Å²) in [5, 5.41) is 0.916. The van der Waals surface area contributed by atoms with Gasteiger partial charge in [0, 0.05) is 23.4 Å². The van der Waals surface area contributed by atoms with Crippen LogP contribution in [0.25, 0.3) is 10.9 Å². The van der Waals surface area contributed by atoms with Crippen molar-refractivity contribution >= 4 is 27.2 Å². The zero-order chi connectivity index (χ0) is 22.0. The maximum absolute atomic E-state index is 13.6. The van der Waals surface area contributed by atoms with Gasteiger partial charge in [-0.05, 0) is 61.8 Å². The Kier molecular flexibility index (Phi) is 4.52. The van der Waals surface area contributed by atoms with Gasteiger partial charge in [0.15, 0.2) is 0 Å². The van der Waals surface area contributed by atoms with Gasteiger partial charge in [0.1, 0.15) is 6.29 Å². The summed E-state index contributed by atoms with van der Waals surface area (Å²) < 4.78 is 28.6. The van der Waals surface area contributed by atoms with Crippen LogP contribution in [-0.2, 0) is 14.8 Å². The molecule has 4 nitrogen and oxygen atoms in total. The van der Waals surface area contributed by atoms with Crippen LogP contribution in [0.3, 0.4) is 0 Å². The van der Waals surface area contributed by atoms with Gasteiger partial charge in [0.2, 0.25) is 0 Å². The van der Waals surface area contributed by atoms with Crippen molar-refractivity contribution < 1.29 is 13.2 Å². The molecule has 31 heavy (non-hydrogen) atoms. The molecule has 0 spiro atoms. The number of aldehydes is 1. The highest BCUT2D eigenvalue weighted by Crippen LogP contribution is 2.59. The summed E-state index contributed by atoms with van der Waals surface area (Å²) in [6.45, 7) is 6.26. The van der Waals surface area contributed by atoms with E-state index in [1.165, 1.54) is 9.55 Å². The van der Waals surface area contributed by atoms with Gasteiger partial charge in [-0.15, -0.1) is 0 Å². The molecule has 0 saturated heterocycles. The molecule has 3 aromatic rings. The van der Waals surface area contributed by atoms with E-state index < -0.39 is 10.0 Å². The van der Waals surface area contributed by atoms with E-state index in [-0.39, 0.29) is 28.1 Å². The van der Waals surface area contributed by atoms with Gasteiger partial charge in [0.25, 0.3) is 10.0 Å². The van der Waals surface area contributed by atoms with E-state index in [1.807, 2.05) is 43.3 Å². The molecule has 3 aliphatic carbocycles. The van der Waals surface area contributed by atoms with Crippen LogP contribution < -0.4 is 0 Å². The van der Waals surface area contributed by atoms with Gasteiger partial charge in [-0.25, -0.2) is 12.4 Å². The van der Waals surface area contributed by atoms with Gasteiger partial charge in [-0.1, -0.05) is 54.5 Å². The minimum atomic E-state index is -3.75. The molecule has 4 unspecified atom stereocenters. The zero-order valence-electron chi connectivity index (χ0n) is 18.1. The molecule has 4 atom stereocenters. The Balaban J connectivity index is 1.73. The van der Waals surface area contributed by atoms with E-state index in [0.717, 1.165) is 35.6 Å². The second-order valence-corrected chi connectivity index (χ2v) is 11.3. The number of benzene rings is 2. The fraction of sp³-hybridized carbons (Fsp3) is 0.346. The van der Waals surface area contributed by atoms with Crippen molar-refractivity contribution in [2.75, 3.05) is 0 Å². The molecule has 0 amide bonds. The number of allylic oxidation sites excluding steroid dienone is 2. The van der Waals surface area contributed by atoms with Crippen LogP contribution in [0.1, 0.15) is 43.7 Å². The Morgan fingerprint density at radius 3 is 2.45 bits per heavy atom. The van der Waals surface area contributed by atoms with E-state index in [0.29, 0.717) is 5.52 Å². The maximum Gasteiger partial charge on any atom is 0.268 e. The molecule has 160 valence electrons. The smallest absolute Gasteiger partial charge is 0.268 e. The van der Waals surface area contributed by atoms with Crippen molar-refractivity contribution in [3.8, 4) is 0 Å². The first-order chi connectivity index (χ1) is 14.8. The molecule has 1 fully saturated rings. The third-order valence-electron chi connectivity index (χ3n) is 7.51. The molecule has 0 N–H and O–H groups in total. The number of nitrogens with zero attached hydrogens (tertiary/aromatic N) is 1. The third-order valence-corrected chi connectivity index (χ3v) is 9.20. The Bertz CT molecular complexity index is 1320. The molecule has 1 saturated carbocycles. The number of aryl methyl sites for hydroxylation is 1. The van der Waals surface area contributed by atoms with E-state index in [9.17, 15) is 13.2 Å². The summed E-state index contributed by atoms with van der Waals surface area (Å²) in [6, 6.07) is 14.6. The molecule has 2 aromatic carbocycles. The Labute approximate surface area is 183 Å². The predicted molar refractivity (Wildman–Crippen MR) is 123 cm³/mol. The Hall–Kier alpha value is -2.66. The number of hydrogen-bond donors (Lipinski definition) is 0. The minimum Gasteiger partial charge on any atom is -0.303 e. The quantitative estimate of drug-likeness (QED) is 0.405. The average Bonchev–Trinajstić information content (AvgIpc) is 3.13. The van der Waals surface area contributed by atoms with Crippen LogP contribution in [0.5, 0.6) is 0 Å². The normalized spacial score (nSPS) is 28.0. The summed E-state index contributed by atoms with van der Waals surface area (Å²) in [5.74, 6) is 0.0928. The van der Waals surface area contributed by atoms with Gasteiger partial charge in [-0.2, -0.15) is 0 Å². The summed E-state index contributed by atoms with van der Waals surface area (Å²) in [6.07, 6.45) is 7.17. The van der Waals surface area contributed by atoms with Crippen LogP contribution in [0.2, 0.25) is 0 Å². The Morgan fingerprint density at radius 2 is 1.77 bits per heavy atom. The van der Waals surface area contributed by atoms with Gasteiger partial charge >= 0.3 is 0 Å². The molecule has 6 rings (SSSR count). The van der Waals surface area contributed by atoms with Crippen molar-refractivity contribution in [3.05, 3.63) is 77.5 Å². The standard InChI is InChI=1S/C26H27NO3S/c1-17-8-10-19(11-9-17)31(29,30)27-15-22(21-6-4-5-7-24(21)27)25-20-12-13-26(3,14-18(20)2)23(25)16-28/h4-11,14-16,20,23,25H,12-13H2,1-3H3. The second-order valence-electron chi connectivity index (χ2n) is 9.44. The zero-order valence-corrected chi connectivity index (χ0v) is 18.9. The SMILES string of the molecule is CC1=CC2(C)CCC1C(c1cn(S(=O)(=O)c3ccc(C)cc3)c3ccccc13)C2C=O. The first-order valence-corrected chi connectivity index (χ1v) is 12.3. The lowest BCUT2D eigenvalue weighted by Crippen LogP contribution is -2.44. The molecule has 1 heterocycles. The topological polar surface area (TPSA) is 56.1 Å². The van der Waals surface area contributed by atoms with Crippen molar-refractivity contribution in [1.82, 2.24) is 3.97 Å². The number of fused-ring (bicyclic) bond motifs is 3. The number of rotatable bonds is 4. The second kappa shape index (κ2) is 6.92. The van der Waals surface area contributed by atoms with Crippen LogP contribution in [-0.4, -0.2) is 18.7 Å². The summed E-state index contributed by atoms with van der Waals surface area (Å²) >= 11 is 0. The molecule has 0 aliphatic heterocycles. The number of hydrogen-bond acceptors (Lipinski definition) is 3. The third kappa shape index (κ3) is 2.93. The fourth-order valence-corrected chi connectivity index (χ4v) is 7.27. The first kappa shape index (κ1) is 20.3. The van der Waals surface area contributed by atoms with E-state index in [2.05, 4.69) is 19.9 Å². The van der Waals surface area contributed by atoms with Crippen LogP contribution in [0.4, 0.5) is 0 Å². The molecule has 3 aliphatic rings. The number of carbonyl (C=O) groups is 1. The van der Waals surface area contributed by atoms with Crippen LogP contribution in [0.15, 0.2) is 71.3 Å². The summed E-state index contributed by atoms with van der Waals surface area (Å²) in [7, 11) is -3.75. The van der Waals surface area contributed by atoms with Crippen molar-refractivity contribution in [2.45, 2.75) is 44.4 Å². The average molecular weight is 434 g/mol. The van der Waals surface area contributed by atoms with E-state index >= 15 is 0 Å². The highest BCUT2D eigenvalue weighted by molar-refractivity contribution is 7.90. The monoisotopic (exact) mass is 433 g/mol. The van der Waals surface area contributed by atoms with Crippen LogP contribution in [0, 0.1) is 24.2 Å². The predicted octanol–water partition coefficient (Wildman–Crippen LogP) is 5.46. The summed E-state index contributed by atoms with van der Waals surface area (Å²) in [5.41, 5.74) is 3.78. The van der Waals surface area contributed by atoms with Crippen molar-refractivity contribution in [1.29, 1.82) is 0 Å². The largest absolute Gasteiger partial charge is 0.303 e. The molecule has 5 heteroatoms. The fourth-order valence-electron chi connectivity index (χ4n) is 5.89. The van der Waals surface area contributed by atoms with E-state index in [4.69, 9.17) is 0 Å². The highest BCUT2D eigenvalue weighted by atomic mass is 32.2. The van der Waals surface area contributed by atoms with Gasteiger partial charge < -0.3 is 4.79 Å². The Morgan fingerprint density at radius 1 is 1.06 bits per heavy atom. The molecule has 0 radical (unpaired) electrons. The van der Waals surface area contributed by atoms with Gasteiger partial charge in [0.05, 0.1) is 10.4 Å². The lowest BCUT2D eigenvalue weighted by atomic mass is 9.52. The first-order valence-electron chi connectivity index (χ1n) is 10.8. The molecular formula is C26H27NO3S. The number of para-hydroxylation sites is 1. The maximum atomic E-state index is 13.6. The van der Waals surface area contributed by atoms with Crippen molar-refractivity contribution in [2.24, 2.45) is 17.3 Å². The summed E-state index contributed by atoms with van der Waals surface area (Å²) in [4.78, 5) is 12.6. The number of carbonyl (C=O) groups excluding carboxylic acids is 1. The molecule has 2 bridgehead atoms. The molecule has 1 aromatic heterocycles. The van der Waals surface area contributed by atoms with E-state index in [1.54, 1.807) is 18.3 Å². The van der Waals surface area contributed by atoms with Crippen molar-refractivity contribution in [3.63, 3.8) is 0 Å². The lowest BCUT2D eigenvalue weighted by Gasteiger charge is -2.51. The highest BCUT2D eigenvalue weighted by Gasteiger charge is 2.51.